The third-order valence-corrected chi connectivity index (χ3v) is 4.62. The van der Waals surface area contributed by atoms with Gasteiger partial charge in [0.05, 0.1) is 0 Å². The minimum Gasteiger partial charge on any atom is -0.302 e. The van der Waals surface area contributed by atoms with Gasteiger partial charge in [-0.2, -0.15) is 0 Å². The SMILES string of the molecule is CCCC1(C)c2ccccc2C[N+]12CC2. The van der Waals surface area contributed by atoms with E-state index in [4.69, 9.17) is 0 Å². The molecule has 0 amide bonds. The van der Waals surface area contributed by atoms with E-state index in [-0.39, 0.29) is 0 Å². The topological polar surface area (TPSA) is 0 Å². The fourth-order valence-corrected chi connectivity index (χ4v) is 3.57. The molecule has 0 aromatic heterocycles. The summed E-state index contributed by atoms with van der Waals surface area (Å²) >= 11 is 0. The summed E-state index contributed by atoms with van der Waals surface area (Å²) in [5, 5.41) is 0. The molecule has 0 radical (unpaired) electrons. The first kappa shape index (κ1) is 9.41. The molecular weight excluding hydrogens is 182 g/mol. The summed E-state index contributed by atoms with van der Waals surface area (Å²) in [4.78, 5) is 0. The van der Waals surface area contributed by atoms with E-state index in [1.54, 1.807) is 11.1 Å². The van der Waals surface area contributed by atoms with Crippen LogP contribution in [0.2, 0.25) is 0 Å². The van der Waals surface area contributed by atoms with Crippen molar-refractivity contribution in [2.75, 3.05) is 13.1 Å². The van der Waals surface area contributed by atoms with Gasteiger partial charge >= 0.3 is 0 Å². The molecule has 1 aromatic rings. The molecule has 15 heavy (non-hydrogen) atoms. The van der Waals surface area contributed by atoms with E-state index in [0.29, 0.717) is 5.54 Å². The smallest absolute Gasteiger partial charge is 0.130 e. The lowest BCUT2D eigenvalue weighted by molar-refractivity contribution is -0.869. The number of rotatable bonds is 2. The van der Waals surface area contributed by atoms with Gasteiger partial charge in [0.25, 0.3) is 0 Å². The van der Waals surface area contributed by atoms with E-state index in [0.717, 1.165) is 0 Å². The normalized spacial score (nSPS) is 30.5. The summed E-state index contributed by atoms with van der Waals surface area (Å²) in [5.41, 5.74) is 3.65. The first-order valence-corrected chi connectivity index (χ1v) is 6.16. The Hall–Kier alpha value is -0.820. The molecule has 0 aliphatic carbocycles. The molecule has 0 saturated carbocycles. The Balaban J connectivity index is 2.11. The predicted octanol–water partition coefficient (Wildman–Crippen LogP) is 3.05. The zero-order chi connectivity index (χ0) is 10.5. The highest BCUT2D eigenvalue weighted by atomic mass is 15.5. The van der Waals surface area contributed by atoms with Crippen molar-refractivity contribution in [3.05, 3.63) is 35.4 Å². The van der Waals surface area contributed by atoms with Crippen LogP contribution in [0.25, 0.3) is 0 Å². The van der Waals surface area contributed by atoms with Crippen LogP contribution in [0, 0.1) is 0 Å². The molecule has 1 nitrogen and oxygen atoms in total. The lowest BCUT2D eigenvalue weighted by Crippen LogP contribution is -2.40. The molecule has 1 aromatic carbocycles. The van der Waals surface area contributed by atoms with Crippen LogP contribution in [0.5, 0.6) is 0 Å². The summed E-state index contributed by atoms with van der Waals surface area (Å²) < 4.78 is 1.35. The summed E-state index contributed by atoms with van der Waals surface area (Å²) in [6.45, 7) is 8.87. The average molecular weight is 202 g/mol. The quantitative estimate of drug-likeness (QED) is 0.511. The van der Waals surface area contributed by atoms with Crippen molar-refractivity contribution >= 4 is 0 Å². The van der Waals surface area contributed by atoms with Crippen LogP contribution in [0.4, 0.5) is 0 Å². The number of benzene rings is 1. The molecule has 3 rings (SSSR count). The van der Waals surface area contributed by atoms with E-state index in [1.165, 1.54) is 37.0 Å². The second kappa shape index (κ2) is 2.85. The van der Waals surface area contributed by atoms with Crippen molar-refractivity contribution in [2.24, 2.45) is 0 Å². The van der Waals surface area contributed by atoms with Gasteiger partial charge in [0.2, 0.25) is 0 Å². The van der Waals surface area contributed by atoms with E-state index in [2.05, 4.69) is 38.1 Å². The van der Waals surface area contributed by atoms with Crippen LogP contribution >= 0.6 is 0 Å². The summed E-state index contributed by atoms with van der Waals surface area (Å²) in [6.07, 6.45) is 2.63. The molecule has 2 heterocycles. The molecule has 2 aliphatic heterocycles. The van der Waals surface area contributed by atoms with Crippen LogP contribution in [0.15, 0.2) is 24.3 Å². The van der Waals surface area contributed by atoms with Crippen molar-refractivity contribution < 1.29 is 4.48 Å². The maximum atomic E-state index is 2.48. The largest absolute Gasteiger partial charge is 0.302 e. The van der Waals surface area contributed by atoms with Crippen molar-refractivity contribution in [3.8, 4) is 0 Å². The highest BCUT2D eigenvalue weighted by Gasteiger charge is 2.61. The Morgan fingerprint density at radius 1 is 1.27 bits per heavy atom. The molecule has 1 unspecified atom stereocenters. The number of fused-ring (bicyclic) bond motifs is 1. The molecule has 1 spiro atoms. The van der Waals surface area contributed by atoms with Gasteiger partial charge in [0.15, 0.2) is 0 Å². The van der Waals surface area contributed by atoms with E-state index in [1.807, 2.05) is 0 Å². The second-order valence-electron chi connectivity index (χ2n) is 5.43. The average Bonchev–Trinajstić information content (AvgIpc) is 2.95. The van der Waals surface area contributed by atoms with Gasteiger partial charge in [-0.05, 0) is 13.3 Å². The third-order valence-electron chi connectivity index (χ3n) is 4.62. The summed E-state index contributed by atoms with van der Waals surface area (Å²) in [6, 6.07) is 9.08. The first-order chi connectivity index (χ1) is 7.22. The van der Waals surface area contributed by atoms with Gasteiger partial charge in [-0.25, -0.2) is 0 Å². The Kier molecular flexibility index (Phi) is 1.79. The van der Waals surface area contributed by atoms with Gasteiger partial charge in [0.1, 0.15) is 25.2 Å². The van der Waals surface area contributed by atoms with Crippen LogP contribution in [-0.4, -0.2) is 17.6 Å². The number of quaternary nitrogens is 1. The lowest BCUT2D eigenvalue weighted by atomic mass is 9.87. The summed E-state index contributed by atoms with van der Waals surface area (Å²) in [5.74, 6) is 0. The Labute approximate surface area is 92.3 Å². The molecule has 0 N–H and O–H groups in total. The van der Waals surface area contributed by atoms with Crippen LogP contribution in [0.3, 0.4) is 0 Å². The molecule has 2 aliphatic rings. The maximum Gasteiger partial charge on any atom is 0.130 e. The third kappa shape index (κ3) is 1.07. The monoisotopic (exact) mass is 202 g/mol. The van der Waals surface area contributed by atoms with Gasteiger partial charge in [-0.15, -0.1) is 0 Å². The van der Waals surface area contributed by atoms with Crippen molar-refractivity contribution in [1.29, 1.82) is 0 Å². The predicted molar refractivity (Wildman–Crippen MR) is 62.4 cm³/mol. The van der Waals surface area contributed by atoms with E-state index in [9.17, 15) is 0 Å². The van der Waals surface area contributed by atoms with Crippen LogP contribution in [-0.2, 0) is 12.1 Å². The van der Waals surface area contributed by atoms with Crippen molar-refractivity contribution in [1.82, 2.24) is 0 Å². The first-order valence-electron chi connectivity index (χ1n) is 6.16. The molecule has 1 atom stereocenters. The molecule has 80 valence electrons. The zero-order valence-corrected chi connectivity index (χ0v) is 9.79. The zero-order valence-electron chi connectivity index (χ0n) is 9.79. The van der Waals surface area contributed by atoms with Gasteiger partial charge in [-0.3, -0.25) is 0 Å². The Morgan fingerprint density at radius 2 is 2.00 bits per heavy atom. The highest BCUT2D eigenvalue weighted by Crippen LogP contribution is 2.53. The number of hydrogen-bond acceptors (Lipinski definition) is 0. The highest BCUT2D eigenvalue weighted by molar-refractivity contribution is 5.35. The van der Waals surface area contributed by atoms with Crippen LogP contribution in [0.1, 0.15) is 37.8 Å². The van der Waals surface area contributed by atoms with Gasteiger partial charge < -0.3 is 4.48 Å². The lowest BCUT2D eigenvalue weighted by Gasteiger charge is -2.33. The minimum absolute atomic E-state index is 0.422. The molecule has 0 bridgehead atoms. The second-order valence-corrected chi connectivity index (χ2v) is 5.43. The molecule has 1 heteroatoms. The van der Waals surface area contributed by atoms with Gasteiger partial charge in [0, 0.05) is 17.5 Å². The van der Waals surface area contributed by atoms with Crippen molar-refractivity contribution in [2.45, 2.75) is 38.8 Å². The van der Waals surface area contributed by atoms with Gasteiger partial charge in [-0.1, -0.05) is 31.2 Å². The standard InChI is InChI=1S/C14H20N/c1-3-8-14(2)13-7-5-4-6-12(13)11-15(14)9-10-15/h4-7H,3,8-11H2,1-2H3/q+1. The number of nitrogens with zero attached hydrogens (tertiary/aromatic N) is 1. The summed E-state index contributed by atoms with van der Waals surface area (Å²) in [7, 11) is 0. The number of hydrogen-bond donors (Lipinski definition) is 0. The molecule has 1 fully saturated rings. The minimum atomic E-state index is 0.422. The Bertz CT molecular complexity index is 392. The molecule has 1 saturated heterocycles. The fourth-order valence-electron chi connectivity index (χ4n) is 3.57. The van der Waals surface area contributed by atoms with Crippen molar-refractivity contribution in [3.63, 3.8) is 0 Å². The van der Waals surface area contributed by atoms with E-state index >= 15 is 0 Å². The Morgan fingerprint density at radius 3 is 2.67 bits per heavy atom. The maximum absolute atomic E-state index is 2.48. The fraction of sp³-hybridized carbons (Fsp3) is 0.571. The molecular formula is C14H20N+. The van der Waals surface area contributed by atoms with Crippen LogP contribution < -0.4 is 0 Å². The van der Waals surface area contributed by atoms with E-state index < -0.39 is 0 Å².